The van der Waals surface area contributed by atoms with Gasteiger partial charge in [-0.25, -0.2) is 4.39 Å². The molecule has 0 heterocycles. The number of halogens is 3. The molecule has 0 aliphatic carbocycles. The summed E-state index contributed by atoms with van der Waals surface area (Å²) in [6.45, 7) is 1.08. The van der Waals surface area contributed by atoms with E-state index in [1.165, 1.54) is 12.1 Å². The number of benzene rings is 2. The van der Waals surface area contributed by atoms with Gasteiger partial charge in [0, 0.05) is 25.2 Å². The average molecular weight is 464 g/mol. The molecule has 2 aromatic carbocycles. The molecule has 7 heteroatoms. The Bertz CT molecular complexity index is 697. The summed E-state index contributed by atoms with van der Waals surface area (Å²) < 4.78 is 13.3. The van der Waals surface area contributed by atoms with Crippen molar-refractivity contribution in [2.45, 2.75) is 13.0 Å². The Morgan fingerprint density at radius 3 is 2.62 bits per heavy atom. The van der Waals surface area contributed by atoms with Gasteiger partial charge in [0.1, 0.15) is 0 Å². The van der Waals surface area contributed by atoms with Crippen LogP contribution in [0.15, 0.2) is 47.5 Å². The summed E-state index contributed by atoms with van der Waals surface area (Å²) in [5.74, 6) is -0.368. The molecule has 0 aliphatic heterocycles. The summed E-state index contributed by atoms with van der Waals surface area (Å²) in [6, 6.07) is 12.0. The first-order valence-corrected chi connectivity index (χ1v) is 7.63. The van der Waals surface area contributed by atoms with Crippen LogP contribution >= 0.6 is 35.6 Å². The first-order chi connectivity index (χ1) is 11.1. The minimum atomic E-state index is -0.633. The summed E-state index contributed by atoms with van der Waals surface area (Å²) in [4.78, 5) is 4.12. The zero-order chi connectivity index (χ0) is 16.7. The lowest BCUT2D eigenvalue weighted by Gasteiger charge is -2.12. The minimum absolute atomic E-state index is 0. The predicted molar refractivity (Wildman–Crippen MR) is 107 cm³/mol. The van der Waals surface area contributed by atoms with E-state index in [0.29, 0.717) is 24.6 Å². The number of guanidine groups is 1. The molecule has 0 atom stereocenters. The molecule has 0 fully saturated rings. The number of aromatic hydroxyl groups is 1. The largest absolute Gasteiger partial charge is 0.505 e. The second-order valence-electron chi connectivity index (χ2n) is 4.98. The Morgan fingerprint density at radius 2 is 1.96 bits per heavy atom. The molecule has 0 saturated carbocycles. The smallest absolute Gasteiger partial charge is 0.191 e. The van der Waals surface area contributed by atoms with E-state index in [4.69, 9.17) is 11.6 Å². The molecule has 0 saturated heterocycles. The number of hydrogen-bond acceptors (Lipinski definition) is 2. The molecule has 130 valence electrons. The van der Waals surface area contributed by atoms with Gasteiger partial charge in [0.25, 0.3) is 0 Å². The van der Waals surface area contributed by atoms with Crippen LogP contribution in [0.3, 0.4) is 0 Å². The van der Waals surface area contributed by atoms with Gasteiger partial charge in [-0.3, -0.25) is 4.99 Å². The van der Waals surface area contributed by atoms with Crippen LogP contribution < -0.4 is 10.6 Å². The van der Waals surface area contributed by atoms with Gasteiger partial charge in [-0.05, 0) is 35.7 Å². The third kappa shape index (κ3) is 6.16. The van der Waals surface area contributed by atoms with E-state index in [9.17, 15) is 9.50 Å². The molecule has 2 aromatic rings. The van der Waals surface area contributed by atoms with Crippen molar-refractivity contribution in [3.63, 3.8) is 0 Å². The molecular weight excluding hydrogens is 444 g/mol. The molecule has 0 aliphatic rings. The molecular formula is C17H20ClFIN3O. The topological polar surface area (TPSA) is 56.7 Å². The average Bonchev–Trinajstić information content (AvgIpc) is 2.55. The quantitative estimate of drug-likeness (QED) is 0.360. The molecule has 3 N–H and O–H groups in total. The summed E-state index contributed by atoms with van der Waals surface area (Å²) in [7, 11) is 1.67. The Hall–Kier alpha value is -1.54. The van der Waals surface area contributed by atoms with Crippen molar-refractivity contribution in [3.8, 4) is 5.75 Å². The van der Waals surface area contributed by atoms with Crippen molar-refractivity contribution < 1.29 is 9.50 Å². The second kappa shape index (κ2) is 10.4. The van der Waals surface area contributed by atoms with Crippen molar-refractivity contribution in [2.24, 2.45) is 4.99 Å². The zero-order valence-corrected chi connectivity index (χ0v) is 16.3. The van der Waals surface area contributed by atoms with Gasteiger partial charge in [0.15, 0.2) is 17.5 Å². The van der Waals surface area contributed by atoms with Crippen molar-refractivity contribution >= 4 is 41.5 Å². The lowest BCUT2D eigenvalue weighted by atomic mass is 10.1. The third-order valence-electron chi connectivity index (χ3n) is 3.34. The number of phenols is 1. The standard InChI is InChI=1S/C17H19ClFN3O.HI/c1-20-17(21-9-8-13-4-2-3-5-14(13)18)22-11-12-6-7-16(23)15(19)10-12;/h2-7,10,23H,8-9,11H2,1H3,(H2,20,21,22);1H. The molecule has 2 rings (SSSR count). The van der Waals surface area contributed by atoms with Crippen LogP contribution in [0, 0.1) is 5.82 Å². The Balaban J connectivity index is 0.00000288. The highest BCUT2D eigenvalue weighted by Crippen LogP contribution is 2.16. The number of hydrogen-bond donors (Lipinski definition) is 3. The van der Waals surface area contributed by atoms with Gasteiger partial charge in [-0.1, -0.05) is 35.9 Å². The maximum atomic E-state index is 13.3. The summed E-state index contributed by atoms with van der Waals surface area (Å²) in [5.41, 5.74) is 1.78. The van der Waals surface area contributed by atoms with E-state index in [0.717, 1.165) is 17.0 Å². The lowest BCUT2D eigenvalue weighted by Crippen LogP contribution is -2.37. The van der Waals surface area contributed by atoms with Gasteiger partial charge in [-0.15, -0.1) is 24.0 Å². The number of nitrogens with one attached hydrogen (secondary N) is 2. The Kier molecular flexibility index (Phi) is 8.84. The zero-order valence-electron chi connectivity index (χ0n) is 13.2. The normalized spacial score (nSPS) is 10.9. The van der Waals surface area contributed by atoms with E-state index < -0.39 is 5.82 Å². The highest BCUT2D eigenvalue weighted by atomic mass is 127. The van der Waals surface area contributed by atoms with Crippen LogP contribution in [0.4, 0.5) is 4.39 Å². The van der Waals surface area contributed by atoms with E-state index in [1.807, 2.05) is 24.3 Å². The maximum Gasteiger partial charge on any atom is 0.191 e. The van der Waals surface area contributed by atoms with Gasteiger partial charge < -0.3 is 15.7 Å². The highest BCUT2D eigenvalue weighted by molar-refractivity contribution is 14.0. The maximum absolute atomic E-state index is 13.3. The van der Waals surface area contributed by atoms with E-state index in [1.54, 1.807) is 13.1 Å². The van der Waals surface area contributed by atoms with Gasteiger partial charge in [-0.2, -0.15) is 0 Å². The van der Waals surface area contributed by atoms with Crippen molar-refractivity contribution in [3.05, 3.63) is 64.4 Å². The monoisotopic (exact) mass is 463 g/mol. The first-order valence-electron chi connectivity index (χ1n) is 7.25. The van der Waals surface area contributed by atoms with Crippen LogP contribution in [0.5, 0.6) is 5.75 Å². The van der Waals surface area contributed by atoms with E-state index in [-0.39, 0.29) is 29.7 Å². The summed E-state index contributed by atoms with van der Waals surface area (Å²) >= 11 is 6.11. The molecule has 0 unspecified atom stereocenters. The SMILES string of the molecule is CN=C(NCCc1ccccc1Cl)NCc1ccc(O)c(F)c1.I. The summed E-state index contributed by atoms with van der Waals surface area (Å²) in [6.07, 6.45) is 0.772. The molecule has 0 bridgehead atoms. The Morgan fingerprint density at radius 1 is 1.21 bits per heavy atom. The van der Waals surface area contributed by atoms with Crippen LogP contribution in [0.2, 0.25) is 5.02 Å². The van der Waals surface area contributed by atoms with Gasteiger partial charge >= 0.3 is 0 Å². The van der Waals surface area contributed by atoms with Crippen molar-refractivity contribution in [2.75, 3.05) is 13.6 Å². The molecule has 0 spiro atoms. The lowest BCUT2D eigenvalue weighted by molar-refractivity contribution is 0.431. The van der Waals surface area contributed by atoms with Crippen molar-refractivity contribution in [1.82, 2.24) is 10.6 Å². The van der Waals surface area contributed by atoms with E-state index >= 15 is 0 Å². The molecule has 0 amide bonds. The number of phenolic OH excluding ortho intramolecular Hbond substituents is 1. The van der Waals surface area contributed by atoms with Crippen LogP contribution in [0.1, 0.15) is 11.1 Å². The van der Waals surface area contributed by atoms with Crippen LogP contribution in [-0.2, 0) is 13.0 Å². The molecule has 24 heavy (non-hydrogen) atoms. The Labute approximate surface area is 163 Å². The highest BCUT2D eigenvalue weighted by Gasteiger charge is 2.04. The molecule has 0 aromatic heterocycles. The minimum Gasteiger partial charge on any atom is -0.505 e. The fourth-order valence-electron chi connectivity index (χ4n) is 2.08. The molecule has 4 nitrogen and oxygen atoms in total. The second-order valence-corrected chi connectivity index (χ2v) is 5.39. The molecule has 0 radical (unpaired) electrons. The third-order valence-corrected chi connectivity index (χ3v) is 3.71. The van der Waals surface area contributed by atoms with Gasteiger partial charge in [0.05, 0.1) is 0 Å². The summed E-state index contributed by atoms with van der Waals surface area (Å²) in [5, 5.41) is 16.2. The number of nitrogens with zero attached hydrogens (tertiary/aromatic N) is 1. The van der Waals surface area contributed by atoms with Crippen LogP contribution in [-0.4, -0.2) is 24.7 Å². The van der Waals surface area contributed by atoms with E-state index in [2.05, 4.69) is 15.6 Å². The fourth-order valence-corrected chi connectivity index (χ4v) is 2.31. The number of aliphatic imine (C=N–C) groups is 1. The number of rotatable bonds is 5. The first kappa shape index (κ1) is 20.5. The van der Waals surface area contributed by atoms with Gasteiger partial charge in [0.2, 0.25) is 0 Å². The van der Waals surface area contributed by atoms with Crippen molar-refractivity contribution in [1.29, 1.82) is 0 Å². The van der Waals surface area contributed by atoms with Crippen LogP contribution in [0.25, 0.3) is 0 Å². The predicted octanol–water partition coefficient (Wildman–Crippen LogP) is 3.71. The fraction of sp³-hybridized carbons (Fsp3) is 0.235.